The van der Waals surface area contributed by atoms with E-state index in [1.54, 1.807) is 25.1 Å². The average molecular weight is 285 g/mol. The summed E-state index contributed by atoms with van der Waals surface area (Å²) in [7, 11) is 1.30. The number of ketones is 1. The van der Waals surface area contributed by atoms with E-state index in [9.17, 15) is 9.59 Å². The van der Waals surface area contributed by atoms with Gasteiger partial charge in [-0.15, -0.1) is 0 Å². The Labute approximate surface area is 103 Å². The Kier molecular flexibility index (Phi) is 4.24. The zero-order valence-electron chi connectivity index (χ0n) is 9.41. The third kappa shape index (κ3) is 2.70. The van der Waals surface area contributed by atoms with Crippen LogP contribution in [0, 0.1) is 6.92 Å². The highest BCUT2D eigenvalue weighted by Crippen LogP contribution is 2.17. The van der Waals surface area contributed by atoms with Crippen LogP contribution in [0.15, 0.2) is 18.2 Å². The number of hydrogen-bond donors (Lipinski definition) is 0. The number of alkyl halides is 1. The molecule has 86 valence electrons. The summed E-state index contributed by atoms with van der Waals surface area (Å²) in [5.74, 6) is -0.611. The first-order valence-electron chi connectivity index (χ1n) is 4.84. The number of aryl methyl sites for hydroxylation is 1. The van der Waals surface area contributed by atoms with Crippen LogP contribution in [0.2, 0.25) is 0 Å². The van der Waals surface area contributed by atoms with E-state index in [1.165, 1.54) is 7.11 Å². The van der Waals surface area contributed by atoms with Crippen molar-refractivity contribution >= 4 is 27.7 Å². The molecule has 0 aromatic heterocycles. The monoisotopic (exact) mass is 284 g/mol. The number of Topliss-reactive ketones (excluding diaryl/α,β-unsaturated/α-hetero) is 1. The van der Waals surface area contributed by atoms with Crippen LogP contribution >= 0.6 is 15.9 Å². The van der Waals surface area contributed by atoms with Gasteiger partial charge >= 0.3 is 5.97 Å². The van der Waals surface area contributed by atoms with Crippen molar-refractivity contribution in [2.24, 2.45) is 0 Å². The van der Waals surface area contributed by atoms with E-state index in [4.69, 9.17) is 0 Å². The van der Waals surface area contributed by atoms with Crippen molar-refractivity contribution in [3.63, 3.8) is 0 Å². The molecule has 0 bridgehead atoms. The van der Waals surface area contributed by atoms with Gasteiger partial charge in [0.05, 0.1) is 17.5 Å². The first-order chi connectivity index (χ1) is 7.47. The molecule has 3 nitrogen and oxygen atoms in total. The lowest BCUT2D eigenvalue weighted by Crippen LogP contribution is -2.16. The maximum Gasteiger partial charge on any atom is 0.338 e. The molecule has 16 heavy (non-hydrogen) atoms. The van der Waals surface area contributed by atoms with Gasteiger partial charge < -0.3 is 4.74 Å². The van der Waals surface area contributed by atoms with Gasteiger partial charge in [0, 0.05) is 5.56 Å². The summed E-state index contributed by atoms with van der Waals surface area (Å²) in [6, 6.07) is 5.10. The van der Waals surface area contributed by atoms with Gasteiger partial charge in [0.25, 0.3) is 0 Å². The van der Waals surface area contributed by atoms with E-state index in [0.29, 0.717) is 11.1 Å². The second-order valence-electron chi connectivity index (χ2n) is 3.52. The summed E-state index contributed by atoms with van der Waals surface area (Å²) >= 11 is 3.20. The Morgan fingerprint density at radius 3 is 2.44 bits per heavy atom. The Bertz CT molecular complexity index is 424. The van der Waals surface area contributed by atoms with Crippen molar-refractivity contribution in [3.8, 4) is 0 Å². The van der Waals surface area contributed by atoms with Crippen molar-refractivity contribution in [3.05, 3.63) is 34.9 Å². The molecule has 0 fully saturated rings. The highest BCUT2D eigenvalue weighted by atomic mass is 79.9. The molecule has 0 radical (unpaired) electrons. The van der Waals surface area contributed by atoms with Gasteiger partial charge in [-0.3, -0.25) is 4.79 Å². The fourth-order valence-corrected chi connectivity index (χ4v) is 1.61. The highest BCUT2D eigenvalue weighted by Gasteiger charge is 2.20. The largest absolute Gasteiger partial charge is 0.465 e. The number of rotatable bonds is 3. The number of benzene rings is 1. The van der Waals surface area contributed by atoms with Gasteiger partial charge in [-0.1, -0.05) is 27.6 Å². The molecular formula is C12H13BrO3. The molecule has 0 saturated carbocycles. The van der Waals surface area contributed by atoms with E-state index in [2.05, 4.69) is 20.7 Å². The van der Waals surface area contributed by atoms with Crippen LogP contribution in [0.5, 0.6) is 0 Å². The first kappa shape index (κ1) is 12.9. The van der Waals surface area contributed by atoms with Crippen molar-refractivity contribution in [2.45, 2.75) is 18.7 Å². The molecule has 1 aromatic carbocycles. The summed E-state index contributed by atoms with van der Waals surface area (Å²) < 4.78 is 4.64. The molecule has 1 aromatic rings. The lowest BCUT2D eigenvalue weighted by atomic mass is 9.99. The molecule has 1 unspecified atom stereocenters. The molecule has 0 aliphatic heterocycles. The van der Waals surface area contributed by atoms with E-state index in [-0.39, 0.29) is 10.6 Å². The summed E-state index contributed by atoms with van der Waals surface area (Å²) in [6.45, 7) is 3.60. The minimum Gasteiger partial charge on any atom is -0.465 e. The van der Waals surface area contributed by atoms with E-state index >= 15 is 0 Å². The number of esters is 1. The van der Waals surface area contributed by atoms with Crippen molar-refractivity contribution < 1.29 is 14.3 Å². The molecule has 4 heteroatoms. The Balaban J connectivity index is 3.29. The Morgan fingerprint density at radius 2 is 1.94 bits per heavy atom. The maximum atomic E-state index is 11.9. The molecule has 1 rings (SSSR count). The smallest absolute Gasteiger partial charge is 0.338 e. The summed E-state index contributed by atoms with van der Waals surface area (Å²) in [6.07, 6.45) is 0. The number of hydrogen-bond acceptors (Lipinski definition) is 3. The molecule has 0 aliphatic carbocycles. The zero-order chi connectivity index (χ0) is 12.3. The third-order valence-electron chi connectivity index (χ3n) is 2.21. The SMILES string of the molecule is COC(=O)c1ccc(C)cc1C(=O)C(C)Br. The average Bonchev–Trinajstić information content (AvgIpc) is 2.26. The third-order valence-corrected chi connectivity index (χ3v) is 2.62. The lowest BCUT2D eigenvalue weighted by Gasteiger charge is -2.09. The van der Waals surface area contributed by atoms with Gasteiger partial charge in [0.15, 0.2) is 5.78 Å². The van der Waals surface area contributed by atoms with Gasteiger partial charge in [-0.05, 0) is 26.0 Å². The Hall–Kier alpha value is -1.16. The summed E-state index contributed by atoms with van der Waals surface area (Å²) in [4.78, 5) is 23.0. The predicted octanol–water partition coefficient (Wildman–Crippen LogP) is 2.75. The molecule has 1 atom stereocenters. The number of ether oxygens (including phenoxy) is 1. The van der Waals surface area contributed by atoms with Gasteiger partial charge in [-0.25, -0.2) is 4.79 Å². The van der Waals surface area contributed by atoms with Gasteiger partial charge in [-0.2, -0.15) is 0 Å². The molecular weight excluding hydrogens is 272 g/mol. The van der Waals surface area contributed by atoms with Crippen LogP contribution in [0.1, 0.15) is 33.2 Å². The number of methoxy groups -OCH3 is 1. The molecule has 0 saturated heterocycles. The second kappa shape index (κ2) is 5.25. The van der Waals surface area contributed by atoms with E-state index in [0.717, 1.165) is 5.56 Å². The topological polar surface area (TPSA) is 43.4 Å². The van der Waals surface area contributed by atoms with Gasteiger partial charge in [0.1, 0.15) is 0 Å². The van der Waals surface area contributed by atoms with Crippen molar-refractivity contribution in [2.75, 3.05) is 7.11 Å². The van der Waals surface area contributed by atoms with Crippen LogP contribution in [0.3, 0.4) is 0 Å². The number of carbonyl (C=O) groups excluding carboxylic acids is 2. The zero-order valence-corrected chi connectivity index (χ0v) is 11.0. The molecule has 0 amide bonds. The fourth-order valence-electron chi connectivity index (χ4n) is 1.36. The van der Waals surface area contributed by atoms with Crippen LogP contribution in [0.25, 0.3) is 0 Å². The fraction of sp³-hybridized carbons (Fsp3) is 0.333. The number of carbonyl (C=O) groups is 2. The molecule has 0 aliphatic rings. The van der Waals surface area contributed by atoms with Crippen molar-refractivity contribution in [1.29, 1.82) is 0 Å². The maximum absolute atomic E-state index is 11.9. The minimum absolute atomic E-state index is 0.121. The number of halogens is 1. The minimum atomic E-state index is -0.489. The quantitative estimate of drug-likeness (QED) is 0.487. The summed E-state index contributed by atoms with van der Waals surface area (Å²) in [5, 5.41) is 0. The van der Waals surface area contributed by atoms with E-state index in [1.807, 2.05) is 6.92 Å². The normalized spacial score (nSPS) is 12.0. The Morgan fingerprint density at radius 1 is 1.31 bits per heavy atom. The van der Waals surface area contributed by atoms with Crippen LogP contribution < -0.4 is 0 Å². The van der Waals surface area contributed by atoms with Crippen LogP contribution in [-0.4, -0.2) is 23.7 Å². The standard InChI is InChI=1S/C12H13BrO3/c1-7-4-5-9(12(15)16-3)10(6-7)11(14)8(2)13/h4-6,8H,1-3H3. The van der Waals surface area contributed by atoms with Gasteiger partial charge in [0.2, 0.25) is 0 Å². The van der Waals surface area contributed by atoms with E-state index < -0.39 is 5.97 Å². The lowest BCUT2D eigenvalue weighted by molar-refractivity contribution is 0.0597. The van der Waals surface area contributed by atoms with Crippen LogP contribution in [0.4, 0.5) is 0 Å². The predicted molar refractivity (Wildman–Crippen MR) is 65.2 cm³/mol. The second-order valence-corrected chi connectivity index (χ2v) is 4.89. The van der Waals surface area contributed by atoms with Crippen molar-refractivity contribution in [1.82, 2.24) is 0 Å². The first-order valence-corrected chi connectivity index (χ1v) is 5.76. The molecule has 0 N–H and O–H groups in total. The molecule has 0 heterocycles. The summed E-state index contributed by atoms with van der Waals surface area (Å²) in [5.41, 5.74) is 1.64. The highest BCUT2D eigenvalue weighted by molar-refractivity contribution is 9.10. The van der Waals surface area contributed by atoms with Crippen LogP contribution in [-0.2, 0) is 4.74 Å². The molecule has 0 spiro atoms.